The van der Waals surface area contributed by atoms with E-state index in [1.54, 1.807) is 0 Å². The smallest absolute Gasteiger partial charge is 0.0700 e. The topological polar surface area (TPSA) is 41.3 Å². The molecule has 2 heterocycles. The minimum absolute atomic E-state index is 0.357. The summed E-state index contributed by atoms with van der Waals surface area (Å²) in [6, 6.07) is 0. The molecular formula is C14H23N3O. The molecule has 1 saturated carbocycles. The number of nitrogens with zero attached hydrogens (tertiary/aromatic N) is 3. The van der Waals surface area contributed by atoms with Crippen molar-refractivity contribution < 1.29 is 5.11 Å². The van der Waals surface area contributed by atoms with Crippen LogP contribution in [0.5, 0.6) is 0 Å². The number of likely N-dealkylation sites (tertiary alicyclic amines) is 1. The van der Waals surface area contributed by atoms with Crippen molar-refractivity contribution in [2.45, 2.75) is 44.2 Å². The summed E-state index contributed by atoms with van der Waals surface area (Å²) in [5.74, 6) is 0.483. The van der Waals surface area contributed by atoms with Crippen LogP contribution in [0.2, 0.25) is 0 Å². The predicted octanol–water partition coefficient (Wildman–Crippen LogP) is 1.55. The molecule has 1 aromatic rings. The molecule has 4 nitrogen and oxygen atoms in total. The zero-order valence-electron chi connectivity index (χ0n) is 11.2. The third-order valence-corrected chi connectivity index (χ3v) is 4.68. The molecule has 4 heteroatoms. The van der Waals surface area contributed by atoms with E-state index < -0.39 is 0 Å². The van der Waals surface area contributed by atoms with Gasteiger partial charge in [0.05, 0.1) is 11.8 Å². The van der Waals surface area contributed by atoms with Gasteiger partial charge in [-0.05, 0) is 19.3 Å². The van der Waals surface area contributed by atoms with Crippen molar-refractivity contribution in [3.05, 3.63) is 18.0 Å². The molecule has 1 N–H and O–H groups in total. The molecule has 0 bridgehead atoms. The van der Waals surface area contributed by atoms with Gasteiger partial charge >= 0.3 is 0 Å². The second kappa shape index (κ2) is 4.67. The van der Waals surface area contributed by atoms with E-state index in [1.807, 2.05) is 17.9 Å². The summed E-state index contributed by atoms with van der Waals surface area (Å²) in [4.78, 5) is 2.47. The molecule has 1 aromatic heterocycles. The van der Waals surface area contributed by atoms with Crippen LogP contribution in [-0.2, 0) is 13.6 Å². The Morgan fingerprint density at radius 1 is 1.44 bits per heavy atom. The van der Waals surface area contributed by atoms with E-state index in [0.29, 0.717) is 5.92 Å². The van der Waals surface area contributed by atoms with Gasteiger partial charge in [0.15, 0.2) is 0 Å². The highest BCUT2D eigenvalue weighted by molar-refractivity contribution is 5.05. The van der Waals surface area contributed by atoms with Crippen LogP contribution in [0.1, 0.15) is 37.7 Å². The number of hydrogen-bond acceptors (Lipinski definition) is 3. The zero-order valence-corrected chi connectivity index (χ0v) is 11.2. The summed E-state index contributed by atoms with van der Waals surface area (Å²) in [5.41, 5.74) is 0.919. The van der Waals surface area contributed by atoms with E-state index in [0.717, 1.165) is 32.5 Å². The van der Waals surface area contributed by atoms with Crippen molar-refractivity contribution in [2.75, 3.05) is 13.1 Å². The van der Waals surface area contributed by atoms with Crippen LogP contribution >= 0.6 is 0 Å². The maximum atomic E-state index is 10.6. The van der Waals surface area contributed by atoms with Gasteiger partial charge in [0.2, 0.25) is 0 Å². The first-order chi connectivity index (χ1) is 8.66. The van der Waals surface area contributed by atoms with Gasteiger partial charge in [0.1, 0.15) is 0 Å². The average Bonchev–Trinajstić information content (AvgIpc) is 2.75. The second-order valence-electron chi connectivity index (χ2n) is 6.05. The molecule has 3 rings (SSSR count). The normalized spacial score (nSPS) is 33.3. The quantitative estimate of drug-likeness (QED) is 0.864. The van der Waals surface area contributed by atoms with Gasteiger partial charge in [0, 0.05) is 44.4 Å². The number of aromatic nitrogens is 2. The highest BCUT2D eigenvalue weighted by Gasteiger charge is 2.42. The number of aryl methyl sites for hydroxylation is 1. The van der Waals surface area contributed by atoms with Crippen molar-refractivity contribution in [1.82, 2.24) is 14.7 Å². The number of piperidine rings is 1. The molecule has 0 radical (unpaired) electrons. The van der Waals surface area contributed by atoms with E-state index in [2.05, 4.69) is 16.2 Å². The van der Waals surface area contributed by atoms with Gasteiger partial charge in [-0.3, -0.25) is 9.58 Å². The molecule has 1 aliphatic carbocycles. The van der Waals surface area contributed by atoms with E-state index >= 15 is 0 Å². The molecular weight excluding hydrogens is 226 g/mol. The monoisotopic (exact) mass is 249 g/mol. The van der Waals surface area contributed by atoms with Crippen LogP contribution in [-0.4, -0.2) is 38.5 Å². The SMILES string of the molecule is Cn1cc(CN2CCC3(O)CCCCC3C2)cn1. The Labute approximate surface area is 109 Å². The summed E-state index contributed by atoms with van der Waals surface area (Å²) in [7, 11) is 1.96. The minimum Gasteiger partial charge on any atom is -0.390 e. The van der Waals surface area contributed by atoms with Crippen molar-refractivity contribution in [2.24, 2.45) is 13.0 Å². The summed E-state index contributed by atoms with van der Waals surface area (Å²) in [6.45, 7) is 3.04. The van der Waals surface area contributed by atoms with Crippen molar-refractivity contribution >= 4 is 0 Å². The predicted molar refractivity (Wildman–Crippen MR) is 70.0 cm³/mol. The molecule has 2 fully saturated rings. The van der Waals surface area contributed by atoms with Gasteiger partial charge in [-0.1, -0.05) is 12.8 Å². The fourth-order valence-corrected chi connectivity index (χ4v) is 3.60. The van der Waals surface area contributed by atoms with Gasteiger partial charge in [0.25, 0.3) is 0 Å². The average molecular weight is 249 g/mol. The Kier molecular flexibility index (Phi) is 3.16. The Balaban J connectivity index is 1.63. The molecule has 1 aliphatic heterocycles. The van der Waals surface area contributed by atoms with E-state index in [-0.39, 0.29) is 5.60 Å². The van der Waals surface area contributed by atoms with E-state index in [9.17, 15) is 5.11 Å². The Bertz CT molecular complexity index is 417. The first kappa shape index (κ1) is 12.2. The maximum Gasteiger partial charge on any atom is 0.0700 e. The fraction of sp³-hybridized carbons (Fsp3) is 0.786. The molecule has 0 spiro atoms. The van der Waals surface area contributed by atoms with Crippen molar-refractivity contribution in [3.8, 4) is 0 Å². The first-order valence-corrected chi connectivity index (χ1v) is 7.08. The molecule has 1 saturated heterocycles. The van der Waals surface area contributed by atoms with Gasteiger partial charge in [-0.2, -0.15) is 5.10 Å². The summed E-state index contributed by atoms with van der Waals surface area (Å²) < 4.78 is 1.86. The number of fused-ring (bicyclic) bond motifs is 1. The van der Waals surface area contributed by atoms with Gasteiger partial charge < -0.3 is 5.11 Å². The lowest BCUT2D eigenvalue weighted by Gasteiger charge is -2.47. The minimum atomic E-state index is -0.357. The molecule has 2 unspecified atom stereocenters. The van der Waals surface area contributed by atoms with Gasteiger partial charge in [-0.25, -0.2) is 0 Å². The summed E-state index contributed by atoms with van der Waals surface area (Å²) in [6.07, 6.45) is 9.67. The van der Waals surface area contributed by atoms with E-state index in [1.165, 1.54) is 24.8 Å². The first-order valence-electron chi connectivity index (χ1n) is 7.08. The fourth-order valence-electron chi connectivity index (χ4n) is 3.60. The Hall–Kier alpha value is -0.870. The third-order valence-electron chi connectivity index (χ3n) is 4.68. The van der Waals surface area contributed by atoms with Crippen LogP contribution in [0.25, 0.3) is 0 Å². The largest absolute Gasteiger partial charge is 0.390 e. The lowest BCUT2D eigenvalue weighted by molar-refractivity contribution is -0.0967. The van der Waals surface area contributed by atoms with Gasteiger partial charge in [-0.15, -0.1) is 0 Å². The van der Waals surface area contributed by atoms with Crippen molar-refractivity contribution in [3.63, 3.8) is 0 Å². The molecule has 18 heavy (non-hydrogen) atoms. The molecule has 100 valence electrons. The Morgan fingerprint density at radius 3 is 3.11 bits per heavy atom. The molecule has 0 aromatic carbocycles. The molecule has 2 atom stereocenters. The summed E-state index contributed by atoms with van der Waals surface area (Å²) >= 11 is 0. The van der Waals surface area contributed by atoms with Crippen LogP contribution in [0, 0.1) is 5.92 Å². The highest BCUT2D eigenvalue weighted by Crippen LogP contribution is 2.39. The highest BCUT2D eigenvalue weighted by atomic mass is 16.3. The lowest BCUT2D eigenvalue weighted by Crippen LogP contribution is -2.52. The molecule has 0 amide bonds. The lowest BCUT2D eigenvalue weighted by atomic mass is 9.71. The van der Waals surface area contributed by atoms with E-state index in [4.69, 9.17) is 0 Å². The standard InChI is InChI=1S/C14H23N3O/c1-16-9-12(8-15-16)10-17-7-6-14(18)5-3-2-4-13(14)11-17/h8-9,13,18H,2-7,10-11H2,1H3. The zero-order chi connectivity index (χ0) is 12.6. The van der Waals surface area contributed by atoms with Crippen LogP contribution in [0.3, 0.4) is 0 Å². The number of rotatable bonds is 2. The Morgan fingerprint density at radius 2 is 2.33 bits per heavy atom. The van der Waals surface area contributed by atoms with Crippen molar-refractivity contribution in [1.29, 1.82) is 0 Å². The van der Waals surface area contributed by atoms with Crippen LogP contribution in [0.4, 0.5) is 0 Å². The number of aliphatic hydroxyl groups is 1. The maximum absolute atomic E-state index is 10.6. The summed E-state index contributed by atoms with van der Waals surface area (Å²) in [5, 5.41) is 14.9. The van der Waals surface area contributed by atoms with Crippen LogP contribution in [0.15, 0.2) is 12.4 Å². The molecule has 2 aliphatic rings. The van der Waals surface area contributed by atoms with Crippen LogP contribution < -0.4 is 0 Å². The third kappa shape index (κ3) is 2.31. The number of hydrogen-bond donors (Lipinski definition) is 1. The second-order valence-corrected chi connectivity index (χ2v) is 6.05.